The Balaban J connectivity index is 1.39. The number of nitrogens with zero attached hydrogens (tertiary/aromatic N) is 5. The molecule has 33 heavy (non-hydrogen) atoms. The number of benzene rings is 1. The van der Waals surface area contributed by atoms with Gasteiger partial charge in [0.1, 0.15) is 10.7 Å². The summed E-state index contributed by atoms with van der Waals surface area (Å²) in [6, 6.07) is 11.1. The number of carbonyl (C=O) groups excluding carboxylic acids is 1. The third-order valence-corrected chi connectivity index (χ3v) is 6.72. The number of likely N-dealkylation sites (tertiary alicyclic amines) is 1. The fraction of sp³-hybridized carbons (Fsp3) is 0.261. The minimum absolute atomic E-state index is 0.0273. The molecule has 0 spiro atoms. The third-order valence-electron chi connectivity index (χ3n) is 5.86. The Morgan fingerprint density at radius 2 is 2.09 bits per heavy atom. The lowest BCUT2D eigenvalue weighted by molar-refractivity contribution is -0.143. The first-order valence-electron chi connectivity index (χ1n) is 10.6. The van der Waals surface area contributed by atoms with Crippen LogP contribution in [-0.2, 0) is 10.4 Å². The number of likely N-dealkylation sites (N-methyl/N-ethyl adjacent to an activating group) is 1. The van der Waals surface area contributed by atoms with E-state index >= 15 is 0 Å². The lowest BCUT2D eigenvalue weighted by atomic mass is 9.90. The zero-order chi connectivity index (χ0) is 23.0. The molecule has 0 bridgehead atoms. The van der Waals surface area contributed by atoms with Crippen molar-refractivity contribution in [1.82, 2.24) is 30.0 Å². The van der Waals surface area contributed by atoms with Crippen LogP contribution in [0, 0.1) is 0 Å². The number of aliphatic hydroxyl groups is 1. The van der Waals surface area contributed by atoms with Gasteiger partial charge in [-0.05, 0) is 30.7 Å². The van der Waals surface area contributed by atoms with Crippen molar-refractivity contribution in [2.75, 3.05) is 18.9 Å². The molecule has 168 valence electrons. The maximum atomic E-state index is 12.5. The fourth-order valence-electron chi connectivity index (χ4n) is 3.91. The lowest BCUT2D eigenvalue weighted by Gasteiger charge is -2.21. The molecule has 2 unspecified atom stereocenters. The molecule has 9 nitrogen and oxygen atoms in total. The topological polar surface area (TPSA) is 120 Å². The van der Waals surface area contributed by atoms with Gasteiger partial charge in [0.15, 0.2) is 5.60 Å². The van der Waals surface area contributed by atoms with Gasteiger partial charge in [-0.25, -0.2) is 15.0 Å². The highest BCUT2D eigenvalue weighted by atomic mass is 32.1. The molecule has 4 heterocycles. The number of hydrogen-bond acceptors (Lipinski definition) is 8. The summed E-state index contributed by atoms with van der Waals surface area (Å²) in [5, 5.41) is 23.9. The number of amides is 1. The van der Waals surface area contributed by atoms with Crippen LogP contribution in [-0.4, -0.2) is 54.7 Å². The molecule has 5 rings (SSSR count). The second-order valence-corrected chi connectivity index (χ2v) is 8.96. The Morgan fingerprint density at radius 1 is 1.21 bits per heavy atom. The second kappa shape index (κ2) is 8.38. The molecule has 1 fully saturated rings. The van der Waals surface area contributed by atoms with Gasteiger partial charge in [0, 0.05) is 43.4 Å². The average Bonchev–Trinajstić information content (AvgIpc) is 3.59. The second-order valence-electron chi connectivity index (χ2n) is 8.10. The summed E-state index contributed by atoms with van der Waals surface area (Å²) in [6.07, 6.45) is 3.78. The Hall–Kier alpha value is -3.63. The minimum atomic E-state index is -1.48. The van der Waals surface area contributed by atoms with E-state index in [9.17, 15) is 9.90 Å². The summed E-state index contributed by atoms with van der Waals surface area (Å²) < 4.78 is 0. The van der Waals surface area contributed by atoms with Crippen LogP contribution in [0.2, 0.25) is 0 Å². The van der Waals surface area contributed by atoms with Gasteiger partial charge in [0.05, 0.1) is 17.4 Å². The maximum absolute atomic E-state index is 12.5. The zero-order valence-electron chi connectivity index (χ0n) is 18.2. The van der Waals surface area contributed by atoms with Gasteiger partial charge in [-0.3, -0.25) is 9.89 Å². The van der Waals surface area contributed by atoms with Crippen LogP contribution in [0.3, 0.4) is 0 Å². The van der Waals surface area contributed by atoms with Crippen molar-refractivity contribution >= 4 is 23.2 Å². The van der Waals surface area contributed by atoms with Crippen LogP contribution in [0.1, 0.15) is 30.6 Å². The summed E-state index contributed by atoms with van der Waals surface area (Å²) in [4.78, 5) is 27.7. The maximum Gasteiger partial charge on any atom is 0.258 e. The van der Waals surface area contributed by atoms with Gasteiger partial charge in [-0.1, -0.05) is 18.2 Å². The number of carbonyl (C=O) groups is 1. The molecular formula is C23H23N7O2S. The van der Waals surface area contributed by atoms with E-state index in [1.807, 2.05) is 42.6 Å². The smallest absolute Gasteiger partial charge is 0.258 e. The molecule has 1 aliphatic rings. The number of nitrogens with one attached hydrogen (secondary N) is 2. The van der Waals surface area contributed by atoms with Crippen molar-refractivity contribution < 1.29 is 9.90 Å². The first-order chi connectivity index (χ1) is 15.9. The Kier molecular flexibility index (Phi) is 5.39. The van der Waals surface area contributed by atoms with Crippen LogP contribution in [0.25, 0.3) is 22.0 Å². The fourth-order valence-corrected chi connectivity index (χ4v) is 4.71. The normalized spacial score (nSPS) is 19.1. The van der Waals surface area contributed by atoms with Gasteiger partial charge < -0.3 is 15.3 Å². The first-order valence-corrected chi connectivity index (χ1v) is 11.5. The number of thiazole rings is 1. The van der Waals surface area contributed by atoms with Crippen LogP contribution in [0.5, 0.6) is 0 Å². The van der Waals surface area contributed by atoms with E-state index in [-0.39, 0.29) is 11.9 Å². The molecule has 1 saturated heterocycles. The standard InChI is InChI=1S/C23H23N7O2S/c1-14(17-7-10-25-29-17)26-22-24-9-6-18(28-22)20-27-19(13-33-20)15-4-3-5-16(12-15)23(32)8-11-30(2)21(23)31/h3-7,9-10,12-14,32H,8,11H2,1-2H3,(H,25,29)(H,24,26,28). The Labute approximate surface area is 194 Å². The monoisotopic (exact) mass is 461 g/mol. The summed E-state index contributed by atoms with van der Waals surface area (Å²) in [6.45, 7) is 2.53. The van der Waals surface area contributed by atoms with Crippen LogP contribution >= 0.6 is 11.3 Å². The lowest BCUT2D eigenvalue weighted by Crippen LogP contribution is -2.36. The SMILES string of the molecule is CC(Nc1nccc(-c2nc(-c3cccc(C4(O)CCN(C)C4=O)c3)cs2)n1)c1ccn[nH]1. The molecule has 1 amide bonds. The van der Waals surface area contributed by atoms with Crippen LogP contribution < -0.4 is 5.32 Å². The van der Waals surface area contributed by atoms with E-state index in [4.69, 9.17) is 4.98 Å². The van der Waals surface area contributed by atoms with Crippen molar-refractivity contribution in [3.63, 3.8) is 0 Å². The number of anilines is 1. The zero-order valence-corrected chi connectivity index (χ0v) is 19.0. The predicted octanol–water partition coefficient (Wildman–Crippen LogP) is 3.21. The summed E-state index contributed by atoms with van der Waals surface area (Å²) in [7, 11) is 1.71. The highest BCUT2D eigenvalue weighted by Gasteiger charge is 2.45. The average molecular weight is 462 g/mol. The van der Waals surface area contributed by atoms with Crippen molar-refractivity contribution in [3.05, 3.63) is 65.4 Å². The molecule has 4 aromatic rings. The van der Waals surface area contributed by atoms with Gasteiger partial charge >= 0.3 is 0 Å². The van der Waals surface area contributed by atoms with Gasteiger partial charge in [0.2, 0.25) is 5.95 Å². The molecule has 0 aliphatic carbocycles. The van der Waals surface area contributed by atoms with Crippen molar-refractivity contribution in [1.29, 1.82) is 0 Å². The van der Waals surface area contributed by atoms with Gasteiger partial charge in [-0.15, -0.1) is 11.3 Å². The molecule has 1 aromatic carbocycles. The van der Waals surface area contributed by atoms with Crippen LogP contribution in [0.4, 0.5) is 5.95 Å². The number of aromatic amines is 1. The van der Waals surface area contributed by atoms with Gasteiger partial charge in [-0.2, -0.15) is 5.10 Å². The molecule has 2 atom stereocenters. The largest absolute Gasteiger partial charge is 0.375 e. The van der Waals surface area contributed by atoms with Crippen molar-refractivity contribution in [2.45, 2.75) is 25.0 Å². The van der Waals surface area contributed by atoms with E-state index in [1.54, 1.807) is 30.4 Å². The quantitative estimate of drug-likeness (QED) is 0.403. The first kappa shape index (κ1) is 21.2. The molecule has 10 heteroatoms. The molecule has 3 N–H and O–H groups in total. The number of aromatic nitrogens is 5. The third kappa shape index (κ3) is 3.98. The van der Waals surface area contributed by atoms with Crippen molar-refractivity contribution in [2.24, 2.45) is 0 Å². The van der Waals surface area contributed by atoms with E-state index in [0.717, 1.165) is 22.0 Å². The molecular weight excluding hydrogens is 438 g/mol. The highest BCUT2D eigenvalue weighted by Crippen LogP contribution is 2.35. The van der Waals surface area contributed by atoms with E-state index < -0.39 is 5.60 Å². The predicted molar refractivity (Wildman–Crippen MR) is 125 cm³/mol. The molecule has 1 aliphatic heterocycles. The molecule has 3 aromatic heterocycles. The van der Waals surface area contributed by atoms with Gasteiger partial charge in [0.25, 0.3) is 5.91 Å². The Bertz CT molecular complexity index is 1290. The summed E-state index contributed by atoms with van der Waals surface area (Å²) in [5.74, 6) is 0.225. The number of H-pyrrole nitrogens is 1. The van der Waals surface area contributed by atoms with E-state index in [1.165, 1.54) is 11.3 Å². The molecule has 0 radical (unpaired) electrons. The Morgan fingerprint density at radius 3 is 2.85 bits per heavy atom. The highest BCUT2D eigenvalue weighted by molar-refractivity contribution is 7.13. The minimum Gasteiger partial charge on any atom is -0.375 e. The molecule has 0 saturated carbocycles. The summed E-state index contributed by atoms with van der Waals surface area (Å²) in [5.41, 5.74) is 2.36. The number of rotatable bonds is 6. The number of hydrogen-bond donors (Lipinski definition) is 3. The summed E-state index contributed by atoms with van der Waals surface area (Å²) >= 11 is 1.48. The van der Waals surface area contributed by atoms with E-state index in [0.29, 0.717) is 30.2 Å². The van der Waals surface area contributed by atoms with Crippen molar-refractivity contribution in [3.8, 4) is 22.0 Å². The van der Waals surface area contributed by atoms with Crippen LogP contribution in [0.15, 0.2) is 54.2 Å². The van der Waals surface area contributed by atoms with E-state index in [2.05, 4.69) is 25.5 Å².